The first-order valence-corrected chi connectivity index (χ1v) is 4.97. The SMILES string of the molecule is Cc1c(N)ncnc1Nc1c(F)cc(F)cc1F. The molecule has 1 heterocycles. The van der Waals surface area contributed by atoms with Crippen LogP contribution >= 0.6 is 0 Å². The first-order valence-electron chi connectivity index (χ1n) is 4.97. The van der Waals surface area contributed by atoms with Crippen LogP contribution in [0.3, 0.4) is 0 Å². The average Bonchev–Trinajstić information content (AvgIpc) is 2.28. The largest absolute Gasteiger partial charge is 0.383 e. The normalized spacial score (nSPS) is 10.4. The lowest BCUT2D eigenvalue weighted by atomic mass is 10.2. The molecule has 0 amide bonds. The first-order chi connectivity index (χ1) is 8.49. The highest BCUT2D eigenvalue weighted by atomic mass is 19.1. The molecule has 0 aliphatic heterocycles. The fourth-order valence-corrected chi connectivity index (χ4v) is 1.37. The highest BCUT2D eigenvalue weighted by Crippen LogP contribution is 2.25. The van der Waals surface area contributed by atoms with Crippen molar-refractivity contribution in [1.82, 2.24) is 9.97 Å². The Morgan fingerprint density at radius 3 is 2.33 bits per heavy atom. The molecule has 4 nitrogen and oxygen atoms in total. The molecule has 3 N–H and O–H groups in total. The number of aromatic nitrogens is 2. The minimum absolute atomic E-state index is 0.159. The number of benzene rings is 1. The summed E-state index contributed by atoms with van der Waals surface area (Å²) in [6.45, 7) is 1.59. The van der Waals surface area contributed by atoms with Crippen LogP contribution in [0.25, 0.3) is 0 Å². The molecule has 0 spiro atoms. The number of nitrogens with zero attached hydrogens (tertiary/aromatic N) is 2. The Bertz CT molecular complexity index is 578. The Morgan fingerprint density at radius 1 is 1.11 bits per heavy atom. The maximum absolute atomic E-state index is 13.4. The molecule has 0 saturated carbocycles. The Labute approximate surface area is 101 Å². The lowest BCUT2D eigenvalue weighted by Gasteiger charge is -2.10. The lowest BCUT2D eigenvalue weighted by molar-refractivity contribution is 0.548. The minimum Gasteiger partial charge on any atom is -0.383 e. The zero-order valence-corrected chi connectivity index (χ0v) is 9.34. The number of hydrogen-bond donors (Lipinski definition) is 2. The van der Waals surface area contributed by atoms with Crippen molar-refractivity contribution in [2.75, 3.05) is 11.1 Å². The molecule has 7 heteroatoms. The second-order valence-electron chi connectivity index (χ2n) is 3.60. The maximum atomic E-state index is 13.4. The molecular weight excluding hydrogens is 245 g/mol. The van der Waals surface area contributed by atoms with Crippen LogP contribution in [-0.2, 0) is 0 Å². The van der Waals surface area contributed by atoms with E-state index in [1.54, 1.807) is 6.92 Å². The zero-order valence-electron chi connectivity index (χ0n) is 9.34. The fourth-order valence-electron chi connectivity index (χ4n) is 1.37. The fraction of sp³-hybridized carbons (Fsp3) is 0.0909. The van der Waals surface area contributed by atoms with Crippen molar-refractivity contribution in [3.63, 3.8) is 0 Å². The van der Waals surface area contributed by atoms with Crippen LogP contribution in [0.2, 0.25) is 0 Å². The van der Waals surface area contributed by atoms with E-state index in [4.69, 9.17) is 5.73 Å². The van der Waals surface area contributed by atoms with Gasteiger partial charge in [0.25, 0.3) is 0 Å². The molecule has 1 aromatic heterocycles. The number of anilines is 3. The molecule has 0 unspecified atom stereocenters. The van der Waals surface area contributed by atoms with E-state index < -0.39 is 23.1 Å². The van der Waals surface area contributed by atoms with Crippen molar-refractivity contribution < 1.29 is 13.2 Å². The van der Waals surface area contributed by atoms with E-state index in [9.17, 15) is 13.2 Å². The molecule has 0 bridgehead atoms. The van der Waals surface area contributed by atoms with Gasteiger partial charge in [-0.3, -0.25) is 0 Å². The third kappa shape index (κ3) is 2.20. The Kier molecular flexibility index (Phi) is 3.05. The molecule has 0 saturated heterocycles. The van der Waals surface area contributed by atoms with E-state index >= 15 is 0 Å². The average molecular weight is 254 g/mol. The molecule has 0 atom stereocenters. The second kappa shape index (κ2) is 4.52. The summed E-state index contributed by atoms with van der Waals surface area (Å²) >= 11 is 0. The summed E-state index contributed by atoms with van der Waals surface area (Å²) in [7, 11) is 0. The first kappa shape index (κ1) is 12.2. The van der Waals surface area contributed by atoms with Crippen molar-refractivity contribution in [3.8, 4) is 0 Å². The van der Waals surface area contributed by atoms with E-state index in [1.807, 2.05) is 0 Å². The summed E-state index contributed by atoms with van der Waals surface area (Å²) in [4.78, 5) is 7.53. The van der Waals surface area contributed by atoms with Gasteiger partial charge in [0.15, 0.2) is 11.6 Å². The van der Waals surface area contributed by atoms with Crippen molar-refractivity contribution in [2.45, 2.75) is 6.92 Å². The van der Waals surface area contributed by atoms with Crippen molar-refractivity contribution in [3.05, 3.63) is 41.5 Å². The molecule has 2 aromatic rings. The molecular formula is C11H9F3N4. The van der Waals surface area contributed by atoms with Gasteiger partial charge in [0, 0.05) is 17.7 Å². The summed E-state index contributed by atoms with van der Waals surface area (Å²) < 4.78 is 39.6. The van der Waals surface area contributed by atoms with Crippen LogP contribution in [0, 0.1) is 24.4 Å². The summed E-state index contributed by atoms with van der Waals surface area (Å²) in [5.41, 5.74) is 5.49. The van der Waals surface area contributed by atoms with Gasteiger partial charge in [-0.15, -0.1) is 0 Å². The van der Waals surface area contributed by atoms with E-state index in [2.05, 4.69) is 15.3 Å². The third-order valence-corrected chi connectivity index (χ3v) is 2.37. The van der Waals surface area contributed by atoms with Crippen molar-refractivity contribution in [2.24, 2.45) is 0 Å². The Balaban J connectivity index is 2.43. The predicted octanol–water partition coefficient (Wildman–Crippen LogP) is 2.53. The monoisotopic (exact) mass is 254 g/mol. The highest BCUT2D eigenvalue weighted by Gasteiger charge is 2.14. The number of nitrogens with one attached hydrogen (secondary N) is 1. The van der Waals surface area contributed by atoms with Crippen LogP contribution in [0.5, 0.6) is 0 Å². The molecule has 0 aliphatic rings. The molecule has 0 radical (unpaired) electrons. The van der Waals surface area contributed by atoms with Crippen molar-refractivity contribution >= 4 is 17.3 Å². The molecule has 0 fully saturated rings. The van der Waals surface area contributed by atoms with E-state index in [0.29, 0.717) is 17.7 Å². The van der Waals surface area contributed by atoms with Crippen LogP contribution in [-0.4, -0.2) is 9.97 Å². The summed E-state index contributed by atoms with van der Waals surface area (Å²) in [6, 6.07) is 1.15. The number of halogens is 3. The van der Waals surface area contributed by atoms with Crippen LogP contribution < -0.4 is 11.1 Å². The van der Waals surface area contributed by atoms with Gasteiger partial charge >= 0.3 is 0 Å². The number of nitrogen functional groups attached to an aromatic ring is 1. The standard InChI is InChI=1S/C11H9F3N4/c1-5-10(15)16-4-17-11(5)18-9-7(13)2-6(12)3-8(9)14/h2-4H,1H3,(H3,15,16,17,18). The van der Waals surface area contributed by atoms with Gasteiger partial charge in [-0.25, -0.2) is 23.1 Å². The van der Waals surface area contributed by atoms with Gasteiger partial charge in [0.05, 0.1) is 0 Å². The third-order valence-electron chi connectivity index (χ3n) is 2.37. The number of rotatable bonds is 2. The van der Waals surface area contributed by atoms with Gasteiger partial charge in [-0.2, -0.15) is 0 Å². The Hall–Kier alpha value is -2.31. The topological polar surface area (TPSA) is 63.8 Å². The van der Waals surface area contributed by atoms with Gasteiger partial charge in [0.1, 0.15) is 29.5 Å². The molecule has 0 aliphatic carbocycles. The number of nitrogens with two attached hydrogens (primary N) is 1. The molecule has 18 heavy (non-hydrogen) atoms. The van der Waals surface area contributed by atoms with Gasteiger partial charge < -0.3 is 11.1 Å². The summed E-state index contributed by atoms with van der Waals surface area (Å²) in [5, 5.41) is 2.43. The van der Waals surface area contributed by atoms with Gasteiger partial charge in [-0.1, -0.05) is 0 Å². The second-order valence-corrected chi connectivity index (χ2v) is 3.60. The molecule has 1 aromatic carbocycles. The maximum Gasteiger partial charge on any atom is 0.152 e. The zero-order chi connectivity index (χ0) is 13.3. The highest BCUT2D eigenvalue weighted by molar-refractivity contribution is 5.64. The van der Waals surface area contributed by atoms with Crippen LogP contribution in [0.15, 0.2) is 18.5 Å². The van der Waals surface area contributed by atoms with Gasteiger partial charge in [0.2, 0.25) is 0 Å². The van der Waals surface area contributed by atoms with Gasteiger partial charge in [-0.05, 0) is 6.92 Å². The molecule has 2 rings (SSSR count). The lowest BCUT2D eigenvalue weighted by Crippen LogP contribution is -2.05. The van der Waals surface area contributed by atoms with Crippen LogP contribution in [0.1, 0.15) is 5.56 Å². The predicted molar refractivity (Wildman–Crippen MR) is 60.8 cm³/mol. The summed E-state index contributed by atoms with van der Waals surface area (Å²) in [6.07, 6.45) is 1.16. The van der Waals surface area contributed by atoms with E-state index in [1.165, 1.54) is 0 Å². The van der Waals surface area contributed by atoms with Crippen molar-refractivity contribution in [1.29, 1.82) is 0 Å². The van der Waals surface area contributed by atoms with E-state index in [0.717, 1.165) is 6.33 Å². The summed E-state index contributed by atoms with van der Waals surface area (Å²) in [5.74, 6) is -2.75. The van der Waals surface area contributed by atoms with E-state index in [-0.39, 0.29) is 11.6 Å². The Morgan fingerprint density at radius 2 is 1.72 bits per heavy atom. The smallest absolute Gasteiger partial charge is 0.152 e. The number of hydrogen-bond acceptors (Lipinski definition) is 4. The quantitative estimate of drug-likeness (QED) is 0.864. The molecule has 94 valence electrons. The van der Waals surface area contributed by atoms with Crippen LogP contribution in [0.4, 0.5) is 30.5 Å². The minimum atomic E-state index is -1.05.